The van der Waals surface area contributed by atoms with E-state index in [0.29, 0.717) is 12.5 Å². The average Bonchev–Trinajstić information content (AvgIpc) is 2.90. The number of methoxy groups -OCH3 is 1. The Hall–Kier alpha value is -1.77. The van der Waals surface area contributed by atoms with Crippen molar-refractivity contribution in [1.82, 2.24) is 10.2 Å². The van der Waals surface area contributed by atoms with Crippen molar-refractivity contribution in [2.24, 2.45) is 10.7 Å². The quantitative estimate of drug-likeness (QED) is 0.434. The van der Waals surface area contributed by atoms with Gasteiger partial charge in [0, 0.05) is 6.20 Å². The van der Waals surface area contributed by atoms with Gasteiger partial charge in [0.15, 0.2) is 5.96 Å². The molecular weight excluding hydrogens is 357 g/mol. The smallest absolute Gasteiger partial charge is 0.193 e. The van der Waals surface area contributed by atoms with Gasteiger partial charge in [0.2, 0.25) is 0 Å². The lowest BCUT2D eigenvalue weighted by Crippen LogP contribution is -2.22. The molecule has 0 unspecified atom stereocenters. The zero-order valence-corrected chi connectivity index (χ0v) is 12.8. The maximum absolute atomic E-state index is 5.79. The molecule has 0 aliphatic carbocycles. The van der Waals surface area contributed by atoms with Gasteiger partial charge in [-0.05, 0) is 18.2 Å². The first-order chi connectivity index (χ1) is 8.79. The standard InChI is InChI=1S/C12H15N5O.HI/c1-18-11-5-3-2-4-10(11)16-12(13)14-8-9-6-7-15-17-9;/h2-7H,8H2,1H3,(H,15,17)(H3,13,14,16);1H. The number of aromatic amines is 1. The van der Waals surface area contributed by atoms with E-state index >= 15 is 0 Å². The lowest BCUT2D eigenvalue weighted by Gasteiger charge is -2.09. The van der Waals surface area contributed by atoms with Crippen LogP contribution in [0.2, 0.25) is 0 Å². The molecule has 0 spiro atoms. The summed E-state index contributed by atoms with van der Waals surface area (Å²) < 4.78 is 5.21. The average molecular weight is 373 g/mol. The molecule has 0 bridgehead atoms. The van der Waals surface area contributed by atoms with Crippen LogP contribution in [0.1, 0.15) is 5.69 Å². The molecule has 6 nitrogen and oxygen atoms in total. The lowest BCUT2D eigenvalue weighted by atomic mass is 10.3. The fourth-order valence-corrected chi connectivity index (χ4v) is 1.47. The number of aromatic nitrogens is 2. The van der Waals surface area contributed by atoms with Crippen molar-refractivity contribution in [3.05, 3.63) is 42.2 Å². The highest BCUT2D eigenvalue weighted by Gasteiger charge is 2.02. The highest BCUT2D eigenvalue weighted by atomic mass is 127. The molecule has 0 atom stereocenters. The van der Waals surface area contributed by atoms with Gasteiger partial charge in [0.25, 0.3) is 0 Å². The van der Waals surface area contributed by atoms with Gasteiger partial charge in [-0.25, -0.2) is 4.99 Å². The van der Waals surface area contributed by atoms with Gasteiger partial charge >= 0.3 is 0 Å². The van der Waals surface area contributed by atoms with Crippen molar-refractivity contribution in [3.8, 4) is 5.75 Å². The zero-order valence-electron chi connectivity index (χ0n) is 10.5. The molecule has 0 aliphatic rings. The minimum atomic E-state index is 0. The van der Waals surface area contributed by atoms with E-state index in [1.54, 1.807) is 13.3 Å². The number of halogens is 1. The Morgan fingerprint density at radius 3 is 2.89 bits per heavy atom. The number of rotatable bonds is 4. The molecule has 4 N–H and O–H groups in total. The number of hydrogen-bond acceptors (Lipinski definition) is 3. The topological polar surface area (TPSA) is 88.3 Å². The first kappa shape index (κ1) is 15.3. The molecule has 2 aromatic rings. The number of nitrogens with zero attached hydrogens (tertiary/aromatic N) is 2. The van der Waals surface area contributed by atoms with Gasteiger partial charge in [0.05, 0.1) is 25.0 Å². The summed E-state index contributed by atoms with van der Waals surface area (Å²) in [5, 5.41) is 9.64. The first-order valence-electron chi connectivity index (χ1n) is 5.48. The summed E-state index contributed by atoms with van der Waals surface area (Å²) in [5.41, 5.74) is 7.48. The number of anilines is 1. The number of nitrogens with one attached hydrogen (secondary N) is 2. The van der Waals surface area contributed by atoms with Gasteiger partial charge in [-0.2, -0.15) is 5.10 Å². The Balaban J connectivity index is 0.00000180. The van der Waals surface area contributed by atoms with Crippen molar-refractivity contribution in [3.63, 3.8) is 0 Å². The third kappa shape index (κ3) is 4.43. The summed E-state index contributed by atoms with van der Waals surface area (Å²) in [6.07, 6.45) is 1.68. The molecule has 2 rings (SSSR count). The summed E-state index contributed by atoms with van der Waals surface area (Å²) in [7, 11) is 1.61. The van der Waals surface area contributed by atoms with Gasteiger partial charge in [-0.1, -0.05) is 12.1 Å². The van der Waals surface area contributed by atoms with Crippen LogP contribution in [-0.4, -0.2) is 23.3 Å². The van der Waals surface area contributed by atoms with E-state index in [2.05, 4.69) is 20.5 Å². The van der Waals surface area contributed by atoms with E-state index < -0.39 is 0 Å². The number of nitrogens with two attached hydrogens (primary N) is 1. The minimum absolute atomic E-state index is 0. The Morgan fingerprint density at radius 2 is 2.21 bits per heavy atom. The zero-order chi connectivity index (χ0) is 12.8. The summed E-state index contributed by atoms with van der Waals surface area (Å²) in [6, 6.07) is 9.36. The van der Waals surface area contributed by atoms with Crippen LogP contribution in [0, 0.1) is 0 Å². The molecule has 1 aromatic carbocycles. The molecule has 19 heavy (non-hydrogen) atoms. The van der Waals surface area contributed by atoms with Crippen LogP contribution in [0.25, 0.3) is 0 Å². The second-order valence-electron chi connectivity index (χ2n) is 3.61. The SMILES string of the molecule is COc1ccccc1NC(N)=NCc1ccn[nH]1.I. The van der Waals surface area contributed by atoms with Crippen molar-refractivity contribution in [2.75, 3.05) is 12.4 Å². The van der Waals surface area contributed by atoms with E-state index in [4.69, 9.17) is 10.5 Å². The van der Waals surface area contributed by atoms with Crippen molar-refractivity contribution in [1.29, 1.82) is 0 Å². The van der Waals surface area contributed by atoms with E-state index in [9.17, 15) is 0 Å². The highest BCUT2D eigenvalue weighted by Crippen LogP contribution is 2.22. The van der Waals surface area contributed by atoms with Crippen LogP contribution in [0.15, 0.2) is 41.5 Å². The molecule has 0 saturated carbocycles. The molecule has 0 fully saturated rings. The number of benzene rings is 1. The van der Waals surface area contributed by atoms with Crippen LogP contribution < -0.4 is 15.8 Å². The van der Waals surface area contributed by atoms with Crippen LogP contribution in [0.5, 0.6) is 5.75 Å². The number of ether oxygens (including phenoxy) is 1. The van der Waals surface area contributed by atoms with Crippen LogP contribution in [0.3, 0.4) is 0 Å². The van der Waals surface area contributed by atoms with Crippen molar-refractivity contribution >= 4 is 35.6 Å². The second-order valence-corrected chi connectivity index (χ2v) is 3.61. The monoisotopic (exact) mass is 373 g/mol. The van der Waals surface area contributed by atoms with Gasteiger partial charge in [-0.15, -0.1) is 24.0 Å². The predicted molar refractivity (Wildman–Crippen MR) is 85.9 cm³/mol. The Morgan fingerprint density at radius 1 is 1.42 bits per heavy atom. The normalized spacial score (nSPS) is 10.7. The van der Waals surface area contributed by atoms with Crippen LogP contribution >= 0.6 is 24.0 Å². The Bertz CT molecular complexity index is 527. The molecule has 0 radical (unpaired) electrons. The maximum Gasteiger partial charge on any atom is 0.193 e. The van der Waals surface area contributed by atoms with Crippen molar-refractivity contribution < 1.29 is 4.74 Å². The number of para-hydroxylation sites is 2. The largest absolute Gasteiger partial charge is 0.495 e. The molecule has 102 valence electrons. The van der Waals surface area contributed by atoms with E-state index in [1.165, 1.54) is 0 Å². The molecule has 1 heterocycles. The van der Waals surface area contributed by atoms with Crippen molar-refractivity contribution in [2.45, 2.75) is 6.54 Å². The predicted octanol–water partition coefficient (Wildman–Crippen LogP) is 1.96. The summed E-state index contributed by atoms with van der Waals surface area (Å²) in [6.45, 7) is 0.452. The third-order valence-corrected chi connectivity index (χ3v) is 2.35. The van der Waals surface area contributed by atoms with Gasteiger partial charge < -0.3 is 15.8 Å². The Labute approximate surface area is 128 Å². The van der Waals surface area contributed by atoms with Gasteiger partial charge in [-0.3, -0.25) is 5.10 Å². The molecule has 1 aromatic heterocycles. The summed E-state index contributed by atoms with van der Waals surface area (Å²) in [4.78, 5) is 4.19. The van der Waals surface area contributed by atoms with E-state index in [1.807, 2.05) is 30.3 Å². The van der Waals surface area contributed by atoms with Crippen LogP contribution in [-0.2, 0) is 6.54 Å². The van der Waals surface area contributed by atoms with Crippen LogP contribution in [0.4, 0.5) is 5.69 Å². The minimum Gasteiger partial charge on any atom is -0.495 e. The Kier molecular flexibility index (Phi) is 6.13. The van der Waals surface area contributed by atoms with E-state index in [-0.39, 0.29) is 24.0 Å². The maximum atomic E-state index is 5.79. The highest BCUT2D eigenvalue weighted by molar-refractivity contribution is 14.0. The second kappa shape index (κ2) is 7.62. The number of guanidine groups is 1. The molecule has 7 heteroatoms. The lowest BCUT2D eigenvalue weighted by molar-refractivity contribution is 0.417. The molecular formula is C12H16IN5O. The first-order valence-corrected chi connectivity index (χ1v) is 5.48. The summed E-state index contributed by atoms with van der Waals surface area (Å²) >= 11 is 0. The number of hydrogen-bond donors (Lipinski definition) is 3. The fraction of sp³-hybridized carbons (Fsp3) is 0.167. The molecule has 0 amide bonds. The molecule has 0 aliphatic heterocycles. The van der Waals surface area contributed by atoms with E-state index in [0.717, 1.165) is 17.1 Å². The molecule has 0 saturated heterocycles. The number of H-pyrrole nitrogens is 1. The van der Waals surface area contributed by atoms with Gasteiger partial charge in [0.1, 0.15) is 5.75 Å². The number of aliphatic imine (C=N–C) groups is 1. The third-order valence-electron chi connectivity index (χ3n) is 2.35. The fourth-order valence-electron chi connectivity index (χ4n) is 1.47. The summed E-state index contributed by atoms with van der Waals surface area (Å²) in [5.74, 6) is 1.05.